The lowest BCUT2D eigenvalue weighted by molar-refractivity contribution is -0.121. The molecule has 3 rings (SSSR count). The summed E-state index contributed by atoms with van der Waals surface area (Å²) in [7, 11) is 0. The molecule has 0 aliphatic carbocycles. The topological polar surface area (TPSA) is 32.3 Å². The van der Waals surface area contributed by atoms with Crippen molar-refractivity contribution in [2.75, 3.05) is 18.4 Å². The number of halogens is 3. The molecule has 0 bridgehead atoms. The summed E-state index contributed by atoms with van der Waals surface area (Å²) >= 11 is 15.4. The molecule has 0 spiro atoms. The van der Waals surface area contributed by atoms with Gasteiger partial charge in [-0.2, -0.15) is 0 Å². The molecule has 2 aromatic rings. The minimum atomic E-state index is -0.0260. The minimum absolute atomic E-state index is 0.0260. The molecule has 1 unspecified atom stereocenters. The maximum atomic E-state index is 12.6. The van der Waals surface area contributed by atoms with Crippen LogP contribution in [0.4, 0.5) is 5.69 Å². The van der Waals surface area contributed by atoms with E-state index >= 15 is 0 Å². The summed E-state index contributed by atoms with van der Waals surface area (Å²) in [6.07, 6.45) is 1.92. The van der Waals surface area contributed by atoms with Gasteiger partial charge in [0.1, 0.15) is 0 Å². The third kappa shape index (κ3) is 5.45. The van der Waals surface area contributed by atoms with Crippen LogP contribution in [0.2, 0.25) is 10.0 Å². The predicted octanol–water partition coefficient (Wildman–Crippen LogP) is 5.61. The van der Waals surface area contributed by atoms with Gasteiger partial charge in [0.2, 0.25) is 5.91 Å². The van der Waals surface area contributed by atoms with Crippen LogP contribution in [0.1, 0.15) is 18.4 Å². The second-order valence-electron chi connectivity index (χ2n) is 6.35. The number of carbonyl (C=O) groups excluding carboxylic acids is 1. The third-order valence-electron chi connectivity index (χ3n) is 4.33. The van der Waals surface area contributed by atoms with Crippen molar-refractivity contribution in [3.05, 3.63) is 62.5 Å². The van der Waals surface area contributed by atoms with Gasteiger partial charge in [0.25, 0.3) is 0 Å². The fourth-order valence-electron chi connectivity index (χ4n) is 3.13. The number of likely N-dealkylation sites (tertiary alicyclic amines) is 1. The van der Waals surface area contributed by atoms with Crippen molar-refractivity contribution in [1.29, 1.82) is 0 Å². The van der Waals surface area contributed by atoms with Crippen LogP contribution < -0.4 is 5.32 Å². The first-order valence-corrected chi connectivity index (χ1v) is 9.78. The van der Waals surface area contributed by atoms with E-state index in [0.717, 1.165) is 36.9 Å². The zero-order valence-electron chi connectivity index (χ0n) is 13.6. The third-order valence-corrected chi connectivity index (χ3v) is 5.29. The zero-order chi connectivity index (χ0) is 17.8. The lowest BCUT2D eigenvalue weighted by Gasteiger charge is -2.32. The van der Waals surface area contributed by atoms with Gasteiger partial charge in [-0.05, 0) is 55.3 Å². The quantitative estimate of drug-likeness (QED) is 0.668. The van der Waals surface area contributed by atoms with E-state index in [9.17, 15) is 4.79 Å². The fraction of sp³-hybridized carbons (Fsp3) is 0.316. The molecule has 0 aromatic heterocycles. The van der Waals surface area contributed by atoms with Gasteiger partial charge in [-0.15, -0.1) is 0 Å². The normalized spacial score (nSPS) is 18.1. The monoisotopic (exact) mass is 440 g/mol. The summed E-state index contributed by atoms with van der Waals surface area (Å²) in [5.41, 5.74) is 1.90. The number of nitrogens with zero attached hydrogens (tertiary/aromatic N) is 1. The molecule has 2 aromatic carbocycles. The van der Waals surface area contributed by atoms with E-state index in [1.807, 2.05) is 12.1 Å². The van der Waals surface area contributed by atoms with Gasteiger partial charge in [-0.25, -0.2) is 0 Å². The molecule has 1 amide bonds. The van der Waals surface area contributed by atoms with Crippen LogP contribution in [-0.2, 0) is 11.3 Å². The molecular formula is C19H19BrCl2N2O. The summed E-state index contributed by atoms with van der Waals surface area (Å²) in [5, 5.41) is 3.98. The van der Waals surface area contributed by atoms with Crippen molar-refractivity contribution in [3.8, 4) is 0 Å². The van der Waals surface area contributed by atoms with Crippen molar-refractivity contribution >= 4 is 50.7 Å². The smallest absolute Gasteiger partial charge is 0.228 e. The maximum absolute atomic E-state index is 12.6. The summed E-state index contributed by atoms with van der Waals surface area (Å²) in [4.78, 5) is 14.9. The van der Waals surface area contributed by atoms with Crippen LogP contribution in [0.3, 0.4) is 0 Å². The van der Waals surface area contributed by atoms with Crippen LogP contribution in [0.25, 0.3) is 0 Å². The molecule has 0 saturated carbocycles. The van der Waals surface area contributed by atoms with E-state index < -0.39 is 0 Å². The zero-order valence-corrected chi connectivity index (χ0v) is 16.7. The van der Waals surface area contributed by atoms with Gasteiger partial charge in [0.15, 0.2) is 0 Å². The lowest BCUT2D eigenvalue weighted by Crippen LogP contribution is -2.40. The summed E-state index contributed by atoms with van der Waals surface area (Å²) in [5.74, 6) is 0.000736. The van der Waals surface area contributed by atoms with Crippen LogP contribution in [0.5, 0.6) is 0 Å². The largest absolute Gasteiger partial charge is 0.326 e. The Balaban J connectivity index is 1.60. The highest BCUT2D eigenvalue weighted by Gasteiger charge is 2.26. The van der Waals surface area contributed by atoms with Crippen molar-refractivity contribution < 1.29 is 4.79 Å². The molecule has 1 saturated heterocycles. The molecule has 1 atom stereocenters. The first-order chi connectivity index (χ1) is 12.0. The SMILES string of the molecule is O=C(Nc1cc(Cl)cc(Cl)c1)C1CCCN(Cc2ccc(Br)cc2)C1. The molecule has 132 valence electrons. The predicted molar refractivity (Wildman–Crippen MR) is 107 cm³/mol. The van der Waals surface area contributed by atoms with Crippen LogP contribution in [-0.4, -0.2) is 23.9 Å². The Labute approximate surface area is 166 Å². The molecule has 1 N–H and O–H groups in total. The Morgan fingerprint density at radius 3 is 2.52 bits per heavy atom. The van der Waals surface area contributed by atoms with Crippen LogP contribution in [0, 0.1) is 5.92 Å². The first-order valence-electron chi connectivity index (χ1n) is 8.23. The Morgan fingerprint density at radius 1 is 1.16 bits per heavy atom. The number of rotatable bonds is 4. The Hall–Kier alpha value is -1.07. The Bertz CT molecular complexity index is 731. The van der Waals surface area contributed by atoms with Gasteiger partial charge >= 0.3 is 0 Å². The van der Waals surface area contributed by atoms with E-state index in [0.29, 0.717) is 15.7 Å². The number of hydrogen-bond donors (Lipinski definition) is 1. The lowest BCUT2D eigenvalue weighted by atomic mass is 9.96. The van der Waals surface area contributed by atoms with Gasteiger partial charge in [-0.3, -0.25) is 9.69 Å². The highest BCUT2D eigenvalue weighted by atomic mass is 79.9. The molecule has 0 radical (unpaired) electrons. The summed E-state index contributed by atoms with van der Waals surface area (Å²) in [6.45, 7) is 2.64. The molecule has 1 heterocycles. The number of carbonyl (C=O) groups is 1. The van der Waals surface area contributed by atoms with Crippen molar-refractivity contribution in [2.45, 2.75) is 19.4 Å². The molecule has 25 heavy (non-hydrogen) atoms. The van der Waals surface area contributed by atoms with E-state index in [-0.39, 0.29) is 11.8 Å². The molecular weight excluding hydrogens is 423 g/mol. The van der Waals surface area contributed by atoms with Crippen molar-refractivity contribution in [3.63, 3.8) is 0 Å². The van der Waals surface area contributed by atoms with E-state index in [4.69, 9.17) is 23.2 Å². The molecule has 3 nitrogen and oxygen atoms in total. The van der Waals surface area contributed by atoms with Gasteiger partial charge in [0, 0.05) is 33.3 Å². The molecule has 6 heteroatoms. The molecule has 1 aliphatic heterocycles. The van der Waals surface area contributed by atoms with E-state index in [2.05, 4.69) is 38.3 Å². The fourth-order valence-corrected chi connectivity index (χ4v) is 3.92. The maximum Gasteiger partial charge on any atom is 0.228 e. The Morgan fingerprint density at radius 2 is 1.84 bits per heavy atom. The second-order valence-corrected chi connectivity index (χ2v) is 8.14. The van der Waals surface area contributed by atoms with Gasteiger partial charge in [0.05, 0.1) is 5.92 Å². The highest BCUT2D eigenvalue weighted by molar-refractivity contribution is 9.10. The molecule has 1 fully saturated rings. The number of piperidine rings is 1. The first kappa shape index (κ1) is 18.7. The van der Waals surface area contributed by atoms with Gasteiger partial charge in [-0.1, -0.05) is 51.3 Å². The van der Waals surface area contributed by atoms with E-state index in [1.165, 1.54) is 5.56 Å². The number of nitrogens with one attached hydrogen (secondary N) is 1. The molecule has 1 aliphatic rings. The average molecular weight is 442 g/mol. The summed E-state index contributed by atoms with van der Waals surface area (Å²) < 4.78 is 1.08. The Kier molecular flexibility index (Phi) is 6.39. The average Bonchev–Trinajstić information content (AvgIpc) is 2.56. The number of hydrogen-bond acceptors (Lipinski definition) is 2. The minimum Gasteiger partial charge on any atom is -0.326 e. The van der Waals surface area contributed by atoms with Crippen molar-refractivity contribution in [1.82, 2.24) is 4.90 Å². The number of amides is 1. The number of anilines is 1. The van der Waals surface area contributed by atoms with Crippen LogP contribution in [0.15, 0.2) is 46.9 Å². The standard InChI is InChI=1S/C19H19BrCl2N2O/c20-15-5-3-13(4-6-15)11-24-7-1-2-14(12-24)19(25)23-18-9-16(21)8-17(22)10-18/h3-6,8-10,14H,1-2,7,11-12H2,(H,23,25). The highest BCUT2D eigenvalue weighted by Crippen LogP contribution is 2.25. The van der Waals surface area contributed by atoms with Crippen molar-refractivity contribution in [2.24, 2.45) is 5.92 Å². The van der Waals surface area contributed by atoms with Gasteiger partial charge < -0.3 is 5.32 Å². The van der Waals surface area contributed by atoms with Crippen LogP contribution >= 0.6 is 39.1 Å². The summed E-state index contributed by atoms with van der Waals surface area (Å²) in [6, 6.07) is 13.4. The second kappa shape index (κ2) is 8.54. The number of benzene rings is 2. The van der Waals surface area contributed by atoms with E-state index in [1.54, 1.807) is 18.2 Å².